The molecule has 0 aliphatic heterocycles. The van der Waals surface area contributed by atoms with Crippen molar-refractivity contribution in [3.63, 3.8) is 0 Å². The maximum atomic E-state index is 12.3. The lowest BCUT2D eigenvalue weighted by atomic mass is 10.2. The van der Waals surface area contributed by atoms with Crippen molar-refractivity contribution in [1.29, 1.82) is 0 Å². The quantitative estimate of drug-likeness (QED) is 0.746. The molecule has 0 heterocycles. The van der Waals surface area contributed by atoms with Crippen molar-refractivity contribution in [3.05, 3.63) is 29.8 Å². The van der Waals surface area contributed by atoms with E-state index in [1.54, 1.807) is 19.2 Å². The Morgan fingerprint density at radius 1 is 1.11 bits per heavy atom. The standard InChI is InChI=1S/C14H25N2O2S/c1-13-7-9-14(10-8-13)19(17,18)15(2)11-6-12-16(3,4)5/h7-10H,6,11-12H2,1-5H3/q+1. The molecule has 0 spiro atoms. The summed E-state index contributed by atoms with van der Waals surface area (Å²) in [5, 5.41) is 0. The van der Waals surface area contributed by atoms with Crippen LogP contribution in [0.1, 0.15) is 12.0 Å². The normalized spacial score (nSPS) is 12.9. The molecular formula is C14H25N2O2S+. The molecule has 0 bridgehead atoms. The summed E-state index contributed by atoms with van der Waals surface area (Å²) in [4.78, 5) is 0.367. The Morgan fingerprint density at radius 2 is 1.63 bits per heavy atom. The van der Waals surface area contributed by atoms with E-state index in [1.165, 1.54) is 4.31 Å². The van der Waals surface area contributed by atoms with Crippen LogP contribution in [0.3, 0.4) is 0 Å². The number of quaternary nitrogens is 1. The lowest BCUT2D eigenvalue weighted by molar-refractivity contribution is -0.870. The molecule has 0 saturated carbocycles. The maximum absolute atomic E-state index is 12.3. The number of hydrogen-bond acceptors (Lipinski definition) is 2. The Labute approximate surface area is 117 Å². The summed E-state index contributed by atoms with van der Waals surface area (Å²) < 4.78 is 26.9. The van der Waals surface area contributed by atoms with Gasteiger partial charge in [0.25, 0.3) is 0 Å². The molecule has 0 amide bonds. The van der Waals surface area contributed by atoms with E-state index >= 15 is 0 Å². The minimum absolute atomic E-state index is 0.367. The van der Waals surface area contributed by atoms with Gasteiger partial charge in [-0.1, -0.05) is 17.7 Å². The monoisotopic (exact) mass is 285 g/mol. The van der Waals surface area contributed by atoms with Gasteiger partial charge in [0.2, 0.25) is 10.0 Å². The highest BCUT2D eigenvalue weighted by molar-refractivity contribution is 7.89. The van der Waals surface area contributed by atoms with E-state index in [2.05, 4.69) is 21.1 Å². The van der Waals surface area contributed by atoms with E-state index in [1.807, 2.05) is 19.1 Å². The van der Waals surface area contributed by atoms with Crippen molar-refractivity contribution in [2.75, 3.05) is 41.3 Å². The molecule has 19 heavy (non-hydrogen) atoms. The number of rotatable bonds is 6. The molecule has 0 radical (unpaired) electrons. The van der Waals surface area contributed by atoms with Crippen LogP contribution in [0, 0.1) is 6.92 Å². The van der Waals surface area contributed by atoms with Crippen LogP contribution in [-0.2, 0) is 10.0 Å². The third kappa shape index (κ3) is 4.93. The number of sulfonamides is 1. The Morgan fingerprint density at radius 3 is 2.11 bits per heavy atom. The molecule has 0 fully saturated rings. The van der Waals surface area contributed by atoms with E-state index in [-0.39, 0.29) is 0 Å². The summed E-state index contributed by atoms with van der Waals surface area (Å²) in [5.41, 5.74) is 1.06. The highest BCUT2D eigenvalue weighted by Crippen LogP contribution is 2.15. The van der Waals surface area contributed by atoms with E-state index in [0.717, 1.165) is 23.0 Å². The lowest BCUT2D eigenvalue weighted by Gasteiger charge is -2.25. The first-order chi connectivity index (χ1) is 8.63. The van der Waals surface area contributed by atoms with Gasteiger partial charge in [-0.3, -0.25) is 0 Å². The topological polar surface area (TPSA) is 37.4 Å². The van der Waals surface area contributed by atoms with E-state index < -0.39 is 10.0 Å². The largest absolute Gasteiger partial charge is 0.331 e. The molecule has 4 nitrogen and oxygen atoms in total. The van der Waals surface area contributed by atoms with Gasteiger partial charge >= 0.3 is 0 Å². The molecule has 0 atom stereocenters. The van der Waals surface area contributed by atoms with Crippen molar-refractivity contribution in [1.82, 2.24) is 4.31 Å². The number of hydrogen-bond donors (Lipinski definition) is 0. The lowest BCUT2D eigenvalue weighted by Crippen LogP contribution is -2.37. The molecule has 1 aromatic carbocycles. The summed E-state index contributed by atoms with van der Waals surface area (Å²) in [6.07, 6.45) is 0.852. The van der Waals surface area contributed by atoms with Gasteiger partial charge in [0.15, 0.2) is 0 Å². The zero-order chi connectivity index (χ0) is 14.7. The molecule has 0 aliphatic carbocycles. The smallest absolute Gasteiger partial charge is 0.242 e. The molecule has 0 N–H and O–H groups in total. The SMILES string of the molecule is Cc1ccc(S(=O)(=O)N(C)CCC[N+](C)(C)C)cc1. The van der Waals surface area contributed by atoms with Crippen LogP contribution < -0.4 is 0 Å². The second-order valence-electron chi connectivity index (χ2n) is 6.01. The Bertz CT molecular complexity index is 501. The predicted molar refractivity (Wildman–Crippen MR) is 78.5 cm³/mol. The van der Waals surface area contributed by atoms with E-state index in [0.29, 0.717) is 11.4 Å². The molecule has 1 aromatic rings. The molecular weight excluding hydrogens is 260 g/mol. The minimum atomic E-state index is -3.35. The first kappa shape index (κ1) is 16.1. The molecule has 108 valence electrons. The minimum Gasteiger partial charge on any atom is -0.331 e. The third-order valence-corrected chi connectivity index (χ3v) is 4.90. The summed E-state index contributed by atoms with van der Waals surface area (Å²) in [7, 11) is 4.61. The van der Waals surface area contributed by atoms with Gasteiger partial charge in [0.1, 0.15) is 0 Å². The van der Waals surface area contributed by atoms with Gasteiger partial charge in [0.05, 0.1) is 32.6 Å². The number of benzene rings is 1. The van der Waals surface area contributed by atoms with Crippen LogP contribution in [0.25, 0.3) is 0 Å². The van der Waals surface area contributed by atoms with Crippen LogP contribution in [0.2, 0.25) is 0 Å². The van der Waals surface area contributed by atoms with Crippen LogP contribution in [0.4, 0.5) is 0 Å². The van der Waals surface area contributed by atoms with Crippen LogP contribution in [-0.4, -0.2) is 58.5 Å². The van der Waals surface area contributed by atoms with Gasteiger partial charge in [-0.25, -0.2) is 12.7 Å². The zero-order valence-electron chi connectivity index (χ0n) is 12.5. The summed E-state index contributed by atoms with van der Waals surface area (Å²) in [6.45, 7) is 3.45. The fraction of sp³-hybridized carbons (Fsp3) is 0.571. The van der Waals surface area contributed by atoms with Crippen LogP contribution >= 0.6 is 0 Å². The van der Waals surface area contributed by atoms with Gasteiger partial charge in [0, 0.05) is 20.0 Å². The molecule has 0 unspecified atom stereocenters. The summed E-state index contributed by atoms with van der Waals surface area (Å²) in [5.74, 6) is 0. The highest BCUT2D eigenvalue weighted by atomic mass is 32.2. The van der Waals surface area contributed by atoms with Crippen molar-refractivity contribution in [2.24, 2.45) is 0 Å². The summed E-state index contributed by atoms with van der Waals surface area (Å²) in [6, 6.07) is 6.99. The third-order valence-electron chi connectivity index (χ3n) is 3.03. The molecule has 1 rings (SSSR count). The maximum Gasteiger partial charge on any atom is 0.242 e. The van der Waals surface area contributed by atoms with Crippen LogP contribution in [0.15, 0.2) is 29.2 Å². The molecule has 0 aromatic heterocycles. The van der Waals surface area contributed by atoms with Crippen molar-refractivity contribution in [3.8, 4) is 0 Å². The van der Waals surface area contributed by atoms with Gasteiger partial charge in [-0.15, -0.1) is 0 Å². The Hall–Kier alpha value is -0.910. The molecule has 0 aliphatic rings. The summed E-state index contributed by atoms with van der Waals surface area (Å²) >= 11 is 0. The fourth-order valence-corrected chi connectivity index (χ4v) is 2.99. The second kappa shape index (κ2) is 6.03. The van der Waals surface area contributed by atoms with Crippen molar-refractivity contribution >= 4 is 10.0 Å². The van der Waals surface area contributed by atoms with Gasteiger partial charge in [-0.05, 0) is 19.1 Å². The Kier molecular flexibility index (Phi) is 5.12. The second-order valence-corrected chi connectivity index (χ2v) is 8.05. The van der Waals surface area contributed by atoms with Crippen molar-refractivity contribution < 1.29 is 12.9 Å². The highest BCUT2D eigenvalue weighted by Gasteiger charge is 2.20. The average Bonchev–Trinajstić information content (AvgIpc) is 2.27. The number of aryl methyl sites for hydroxylation is 1. The molecule has 5 heteroatoms. The van der Waals surface area contributed by atoms with Gasteiger partial charge in [-0.2, -0.15) is 0 Å². The molecule has 0 saturated heterocycles. The first-order valence-electron chi connectivity index (χ1n) is 6.46. The van der Waals surface area contributed by atoms with E-state index in [4.69, 9.17) is 0 Å². The first-order valence-corrected chi connectivity index (χ1v) is 7.90. The Balaban J connectivity index is 2.69. The fourth-order valence-electron chi connectivity index (χ4n) is 1.78. The number of nitrogens with zero attached hydrogens (tertiary/aromatic N) is 2. The van der Waals surface area contributed by atoms with Crippen molar-refractivity contribution in [2.45, 2.75) is 18.2 Å². The van der Waals surface area contributed by atoms with E-state index in [9.17, 15) is 8.42 Å². The van der Waals surface area contributed by atoms with Gasteiger partial charge < -0.3 is 4.48 Å². The predicted octanol–water partition coefficient (Wildman–Crippen LogP) is 1.71. The zero-order valence-corrected chi connectivity index (χ0v) is 13.4. The van der Waals surface area contributed by atoms with Crippen LogP contribution in [0.5, 0.6) is 0 Å². The average molecular weight is 285 g/mol.